The molecule has 2 N–H and O–H groups in total. The number of aryl methyl sites for hydroxylation is 1. The number of amides is 1. The average molecular weight is 292 g/mol. The van der Waals surface area contributed by atoms with E-state index in [0.717, 1.165) is 10.9 Å². The van der Waals surface area contributed by atoms with Gasteiger partial charge in [-0.3, -0.25) is 4.79 Å². The van der Waals surface area contributed by atoms with Crippen LogP contribution in [0.4, 0.5) is 0 Å². The number of thioether (sulfide) groups is 1. The highest BCUT2D eigenvalue weighted by atomic mass is 32.2. The molecule has 2 aromatic rings. The first kappa shape index (κ1) is 14.9. The molecule has 2 atom stereocenters. The Hall–Kier alpha value is -1.46. The zero-order valence-electron chi connectivity index (χ0n) is 12.0. The van der Waals surface area contributed by atoms with E-state index in [-0.39, 0.29) is 23.8 Å². The van der Waals surface area contributed by atoms with Gasteiger partial charge in [0.25, 0.3) is 5.91 Å². The van der Waals surface area contributed by atoms with Crippen LogP contribution in [0.25, 0.3) is 10.9 Å². The van der Waals surface area contributed by atoms with Gasteiger partial charge in [0.1, 0.15) is 0 Å². The minimum atomic E-state index is -0.0956. The van der Waals surface area contributed by atoms with Gasteiger partial charge in [-0.05, 0) is 31.4 Å². The second kappa shape index (κ2) is 6.33. The van der Waals surface area contributed by atoms with Crippen molar-refractivity contribution in [1.82, 2.24) is 9.88 Å². The van der Waals surface area contributed by atoms with Crippen LogP contribution in [0.5, 0.6) is 0 Å². The van der Waals surface area contributed by atoms with E-state index < -0.39 is 0 Å². The normalized spacial score (nSPS) is 14.2. The van der Waals surface area contributed by atoms with E-state index in [0.29, 0.717) is 5.56 Å². The Labute approximate surface area is 123 Å². The molecule has 1 amide bonds. The summed E-state index contributed by atoms with van der Waals surface area (Å²) in [6.45, 7) is 1.97. The van der Waals surface area contributed by atoms with Gasteiger partial charge in [-0.2, -0.15) is 11.8 Å². The molecule has 0 bridgehead atoms. The number of fused-ring (bicyclic) bond motifs is 1. The smallest absolute Gasteiger partial charge is 0.252 e. The first-order valence-corrected chi connectivity index (χ1v) is 7.85. The minimum absolute atomic E-state index is 0.00827. The lowest BCUT2D eigenvalue weighted by molar-refractivity contribution is 0.0937. The molecule has 1 aromatic carbocycles. The summed E-state index contributed by atoms with van der Waals surface area (Å²) in [5.41, 5.74) is 1.71. The predicted octanol–water partition coefficient (Wildman–Crippen LogP) is 2.02. The third-order valence-electron chi connectivity index (χ3n) is 3.57. The van der Waals surface area contributed by atoms with Gasteiger partial charge in [0.05, 0.1) is 6.61 Å². The summed E-state index contributed by atoms with van der Waals surface area (Å²) in [6, 6.07) is 7.58. The van der Waals surface area contributed by atoms with Gasteiger partial charge in [-0.15, -0.1) is 0 Å². The molecule has 0 aliphatic carbocycles. The summed E-state index contributed by atoms with van der Waals surface area (Å²) < 4.78 is 1.99. The summed E-state index contributed by atoms with van der Waals surface area (Å²) in [5.74, 6) is -0.0956. The van der Waals surface area contributed by atoms with Crippen LogP contribution in [0.2, 0.25) is 0 Å². The molecular weight excluding hydrogens is 272 g/mol. The van der Waals surface area contributed by atoms with E-state index >= 15 is 0 Å². The van der Waals surface area contributed by atoms with Crippen molar-refractivity contribution in [2.75, 3.05) is 12.9 Å². The molecular formula is C15H20N2O2S. The minimum Gasteiger partial charge on any atom is -0.395 e. The summed E-state index contributed by atoms with van der Waals surface area (Å²) in [4.78, 5) is 12.4. The number of carbonyl (C=O) groups excluding carboxylic acids is 1. The van der Waals surface area contributed by atoms with Crippen LogP contribution in [-0.2, 0) is 7.05 Å². The molecule has 5 heteroatoms. The van der Waals surface area contributed by atoms with Crippen LogP contribution in [-0.4, -0.2) is 39.7 Å². The van der Waals surface area contributed by atoms with Crippen LogP contribution in [0.3, 0.4) is 0 Å². The maximum absolute atomic E-state index is 12.4. The first-order chi connectivity index (χ1) is 9.58. The van der Waals surface area contributed by atoms with Crippen molar-refractivity contribution in [1.29, 1.82) is 0 Å². The third kappa shape index (κ3) is 2.83. The van der Waals surface area contributed by atoms with E-state index in [1.807, 2.05) is 55.3 Å². The number of carbonyl (C=O) groups is 1. The zero-order chi connectivity index (χ0) is 14.7. The monoisotopic (exact) mass is 292 g/mol. The Bertz CT molecular complexity index is 605. The molecule has 108 valence electrons. The lowest BCUT2D eigenvalue weighted by Gasteiger charge is -2.21. The van der Waals surface area contributed by atoms with E-state index in [1.165, 1.54) is 0 Å². The number of benzene rings is 1. The molecule has 1 heterocycles. The molecule has 0 aliphatic rings. The largest absolute Gasteiger partial charge is 0.395 e. The quantitative estimate of drug-likeness (QED) is 0.886. The van der Waals surface area contributed by atoms with Crippen molar-refractivity contribution in [3.8, 4) is 0 Å². The molecule has 2 rings (SSSR count). The topological polar surface area (TPSA) is 54.3 Å². The number of nitrogens with one attached hydrogen (secondary N) is 1. The van der Waals surface area contributed by atoms with Gasteiger partial charge < -0.3 is 15.0 Å². The predicted molar refractivity (Wildman–Crippen MR) is 84.2 cm³/mol. The Morgan fingerprint density at radius 3 is 2.85 bits per heavy atom. The van der Waals surface area contributed by atoms with Gasteiger partial charge in [-0.25, -0.2) is 0 Å². The fraction of sp³-hybridized carbons (Fsp3) is 0.400. The number of rotatable bonds is 5. The Balaban J connectivity index is 2.24. The van der Waals surface area contributed by atoms with Crippen LogP contribution in [0, 0.1) is 0 Å². The molecule has 0 spiro atoms. The van der Waals surface area contributed by atoms with Gasteiger partial charge in [0.2, 0.25) is 0 Å². The fourth-order valence-electron chi connectivity index (χ4n) is 2.31. The van der Waals surface area contributed by atoms with E-state index in [1.54, 1.807) is 11.8 Å². The SMILES string of the molecule is CSC(CO)C(C)NC(=O)c1cccc2c1ccn2C. The highest BCUT2D eigenvalue weighted by Crippen LogP contribution is 2.20. The average Bonchev–Trinajstić information content (AvgIpc) is 2.82. The second-order valence-corrected chi connectivity index (χ2v) is 5.96. The lowest BCUT2D eigenvalue weighted by Crippen LogP contribution is -2.41. The van der Waals surface area contributed by atoms with E-state index in [9.17, 15) is 9.90 Å². The molecule has 20 heavy (non-hydrogen) atoms. The van der Waals surface area contributed by atoms with Crippen LogP contribution >= 0.6 is 11.8 Å². The number of nitrogens with zero attached hydrogens (tertiary/aromatic N) is 1. The summed E-state index contributed by atoms with van der Waals surface area (Å²) >= 11 is 1.55. The van der Waals surface area contributed by atoms with Crippen molar-refractivity contribution in [2.45, 2.75) is 18.2 Å². The molecule has 0 saturated carbocycles. The highest BCUT2D eigenvalue weighted by Gasteiger charge is 2.19. The van der Waals surface area contributed by atoms with Crippen molar-refractivity contribution in [2.24, 2.45) is 7.05 Å². The molecule has 0 aliphatic heterocycles. The fourth-order valence-corrected chi connectivity index (χ4v) is 2.94. The van der Waals surface area contributed by atoms with Crippen molar-refractivity contribution in [3.05, 3.63) is 36.0 Å². The summed E-state index contributed by atoms with van der Waals surface area (Å²) in [5, 5.41) is 13.2. The Morgan fingerprint density at radius 2 is 2.20 bits per heavy atom. The molecule has 1 aromatic heterocycles. The summed E-state index contributed by atoms with van der Waals surface area (Å²) in [7, 11) is 1.96. The molecule has 0 radical (unpaired) electrons. The number of hydrogen-bond acceptors (Lipinski definition) is 3. The second-order valence-electron chi connectivity index (χ2n) is 4.88. The first-order valence-electron chi connectivity index (χ1n) is 6.57. The molecule has 4 nitrogen and oxygen atoms in total. The van der Waals surface area contributed by atoms with Gasteiger partial charge in [-0.1, -0.05) is 6.07 Å². The van der Waals surface area contributed by atoms with Crippen molar-refractivity contribution < 1.29 is 9.90 Å². The van der Waals surface area contributed by atoms with Crippen LogP contribution in [0.1, 0.15) is 17.3 Å². The number of hydrogen-bond donors (Lipinski definition) is 2. The van der Waals surface area contributed by atoms with Crippen molar-refractivity contribution >= 4 is 28.6 Å². The van der Waals surface area contributed by atoms with Crippen LogP contribution in [0.15, 0.2) is 30.5 Å². The van der Waals surface area contributed by atoms with E-state index in [4.69, 9.17) is 0 Å². The standard InChI is InChI=1S/C15H20N2O2S/c1-10(14(9-18)20-3)16-15(19)12-5-4-6-13-11(12)7-8-17(13)2/h4-8,10,14,18H,9H2,1-3H3,(H,16,19). The van der Waals surface area contributed by atoms with Crippen molar-refractivity contribution in [3.63, 3.8) is 0 Å². The molecule has 0 fully saturated rings. The van der Waals surface area contributed by atoms with Crippen LogP contribution < -0.4 is 5.32 Å². The molecule has 0 saturated heterocycles. The van der Waals surface area contributed by atoms with E-state index in [2.05, 4.69) is 5.32 Å². The Morgan fingerprint density at radius 1 is 1.45 bits per heavy atom. The van der Waals surface area contributed by atoms with Gasteiger partial charge >= 0.3 is 0 Å². The number of aromatic nitrogens is 1. The number of aliphatic hydroxyl groups is 1. The Kier molecular flexibility index (Phi) is 4.73. The summed E-state index contributed by atoms with van der Waals surface area (Å²) in [6.07, 6.45) is 3.88. The maximum atomic E-state index is 12.4. The lowest BCUT2D eigenvalue weighted by atomic mass is 10.1. The third-order valence-corrected chi connectivity index (χ3v) is 4.73. The van der Waals surface area contributed by atoms with Gasteiger partial charge in [0, 0.05) is 41.0 Å². The number of aliphatic hydroxyl groups excluding tert-OH is 1. The maximum Gasteiger partial charge on any atom is 0.252 e. The zero-order valence-corrected chi connectivity index (χ0v) is 12.8. The molecule has 2 unspecified atom stereocenters. The van der Waals surface area contributed by atoms with Gasteiger partial charge in [0.15, 0.2) is 0 Å². The highest BCUT2D eigenvalue weighted by molar-refractivity contribution is 7.99.